The van der Waals surface area contributed by atoms with Crippen LogP contribution >= 0.6 is 0 Å². The van der Waals surface area contributed by atoms with Crippen molar-refractivity contribution in [2.75, 3.05) is 13.2 Å². The molecular weight excluding hydrogens is 238 g/mol. The van der Waals surface area contributed by atoms with E-state index in [1.54, 1.807) is 0 Å². The largest absolute Gasteiger partial charge is 0.493 e. The highest BCUT2D eigenvalue weighted by Gasteiger charge is 2.15. The van der Waals surface area contributed by atoms with Gasteiger partial charge in [0.15, 0.2) is 0 Å². The van der Waals surface area contributed by atoms with Crippen molar-refractivity contribution in [2.45, 2.75) is 51.7 Å². The summed E-state index contributed by atoms with van der Waals surface area (Å²) in [5.74, 6) is 0.924. The van der Waals surface area contributed by atoms with Crippen LogP contribution < -0.4 is 10.5 Å². The SMILES string of the molecule is Cc1ccc(OCCCC2CCCO2)c(C(C)N)c1. The van der Waals surface area contributed by atoms with E-state index in [1.165, 1.54) is 18.4 Å². The Balaban J connectivity index is 1.81. The number of nitrogens with two attached hydrogens (primary N) is 1. The van der Waals surface area contributed by atoms with Gasteiger partial charge in [0.1, 0.15) is 5.75 Å². The monoisotopic (exact) mass is 263 g/mol. The lowest BCUT2D eigenvalue weighted by molar-refractivity contribution is 0.0980. The maximum Gasteiger partial charge on any atom is 0.124 e. The van der Waals surface area contributed by atoms with E-state index < -0.39 is 0 Å². The lowest BCUT2D eigenvalue weighted by atomic mass is 10.1. The zero-order valence-corrected chi connectivity index (χ0v) is 12.0. The first-order valence-corrected chi connectivity index (χ1v) is 7.27. The van der Waals surface area contributed by atoms with Gasteiger partial charge in [-0.05, 0) is 45.6 Å². The Labute approximate surface area is 116 Å². The third-order valence-electron chi connectivity index (χ3n) is 3.61. The van der Waals surface area contributed by atoms with Crippen LogP contribution in [0.2, 0.25) is 0 Å². The first-order valence-electron chi connectivity index (χ1n) is 7.27. The summed E-state index contributed by atoms with van der Waals surface area (Å²) >= 11 is 0. The molecule has 19 heavy (non-hydrogen) atoms. The minimum Gasteiger partial charge on any atom is -0.493 e. The van der Waals surface area contributed by atoms with Crippen molar-refractivity contribution in [3.8, 4) is 5.75 Å². The molecule has 3 heteroatoms. The number of hydrogen-bond acceptors (Lipinski definition) is 3. The second-order valence-corrected chi connectivity index (χ2v) is 5.46. The third-order valence-corrected chi connectivity index (χ3v) is 3.61. The maximum atomic E-state index is 5.99. The summed E-state index contributed by atoms with van der Waals surface area (Å²) in [5.41, 5.74) is 8.30. The molecule has 1 saturated heterocycles. The quantitative estimate of drug-likeness (QED) is 0.800. The fraction of sp³-hybridized carbons (Fsp3) is 0.625. The van der Waals surface area contributed by atoms with Gasteiger partial charge in [0.05, 0.1) is 12.7 Å². The van der Waals surface area contributed by atoms with Gasteiger partial charge in [-0.1, -0.05) is 17.7 Å². The molecule has 1 heterocycles. The van der Waals surface area contributed by atoms with Crippen LogP contribution in [0.3, 0.4) is 0 Å². The molecule has 0 bridgehead atoms. The lowest BCUT2D eigenvalue weighted by Gasteiger charge is -2.15. The summed E-state index contributed by atoms with van der Waals surface area (Å²) in [6, 6.07) is 6.22. The van der Waals surface area contributed by atoms with Crippen molar-refractivity contribution in [1.82, 2.24) is 0 Å². The number of hydrogen-bond donors (Lipinski definition) is 1. The Morgan fingerprint density at radius 2 is 2.32 bits per heavy atom. The van der Waals surface area contributed by atoms with Crippen LogP contribution in [0, 0.1) is 6.92 Å². The van der Waals surface area contributed by atoms with Crippen molar-refractivity contribution in [3.63, 3.8) is 0 Å². The number of aryl methyl sites for hydroxylation is 1. The smallest absolute Gasteiger partial charge is 0.124 e. The van der Waals surface area contributed by atoms with Crippen molar-refractivity contribution in [3.05, 3.63) is 29.3 Å². The van der Waals surface area contributed by atoms with Crippen molar-refractivity contribution < 1.29 is 9.47 Å². The summed E-state index contributed by atoms with van der Waals surface area (Å²) in [5, 5.41) is 0. The fourth-order valence-corrected chi connectivity index (χ4v) is 2.52. The Kier molecular flexibility index (Phi) is 5.23. The van der Waals surface area contributed by atoms with Gasteiger partial charge in [-0.3, -0.25) is 0 Å². The molecule has 1 aromatic carbocycles. The molecule has 1 aliphatic heterocycles. The van der Waals surface area contributed by atoms with Gasteiger partial charge in [-0.25, -0.2) is 0 Å². The van der Waals surface area contributed by atoms with E-state index in [1.807, 2.05) is 13.0 Å². The molecule has 2 atom stereocenters. The number of ether oxygens (including phenoxy) is 2. The molecule has 1 fully saturated rings. The molecule has 1 aromatic rings. The van der Waals surface area contributed by atoms with Gasteiger partial charge >= 0.3 is 0 Å². The van der Waals surface area contributed by atoms with Crippen molar-refractivity contribution in [2.24, 2.45) is 5.73 Å². The summed E-state index contributed by atoms with van der Waals surface area (Å²) in [6.45, 7) is 5.74. The normalized spacial score (nSPS) is 20.5. The molecule has 2 N–H and O–H groups in total. The second kappa shape index (κ2) is 6.92. The maximum absolute atomic E-state index is 5.99. The molecule has 2 unspecified atom stereocenters. The molecule has 0 spiro atoms. The first-order chi connectivity index (χ1) is 9.16. The third kappa shape index (κ3) is 4.22. The minimum absolute atomic E-state index is 0.00747. The average molecular weight is 263 g/mol. The van der Waals surface area contributed by atoms with Crippen LogP contribution in [0.4, 0.5) is 0 Å². The first kappa shape index (κ1) is 14.4. The molecule has 3 nitrogen and oxygen atoms in total. The zero-order valence-electron chi connectivity index (χ0n) is 12.0. The highest BCUT2D eigenvalue weighted by molar-refractivity contribution is 5.38. The van der Waals surface area contributed by atoms with Crippen LogP contribution in [-0.4, -0.2) is 19.3 Å². The Hall–Kier alpha value is -1.06. The van der Waals surface area contributed by atoms with Crippen LogP contribution in [0.15, 0.2) is 18.2 Å². The number of benzene rings is 1. The van der Waals surface area contributed by atoms with E-state index in [0.29, 0.717) is 6.10 Å². The molecule has 0 aliphatic carbocycles. The molecule has 0 saturated carbocycles. The van der Waals surface area contributed by atoms with Gasteiger partial charge in [-0.15, -0.1) is 0 Å². The van der Waals surface area contributed by atoms with Crippen molar-refractivity contribution in [1.29, 1.82) is 0 Å². The molecule has 1 aliphatic rings. The minimum atomic E-state index is 0.00747. The molecule has 2 rings (SSSR count). The molecular formula is C16H25NO2. The van der Waals surface area contributed by atoms with Crippen LogP contribution in [0.1, 0.15) is 49.8 Å². The lowest BCUT2D eigenvalue weighted by Crippen LogP contribution is -2.11. The summed E-state index contributed by atoms with van der Waals surface area (Å²) in [7, 11) is 0. The van der Waals surface area contributed by atoms with E-state index in [0.717, 1.165) is 37.4 Å². The number of rotatable bonds is 6. The van der Waals surface area contributed by atoms with Crippen molar-refractivity contribution >= 4 is 0 Å². The zero-order chi connectivity index (χ0) is 13.7. The highest BCUT2D eigenvalue weighted by Crippen LogP contribution is 2.25. The average Bonchev–Trinajstić information content (AvgIpc) is 2.89. The second-order valence-electron chi connectivity index (χ2n) is 5.46. The van der Waals surface area contributed by atoms with Crippen LogP contribution in [0.25, 0.3) is 0 Å². The Bertz CT molecular complexity index is 398. The van der Waals surface area contributed by atoms with E-state index >= 15 is 0 Å². The molecule has 0 radical (unpaired) electrons. The fourth-order valence-electron chi connectivity index (χ4n) is 2.52. The van der Waals surface area contributed by atoms with Gasteiger partial charge in [0, 0.05) is 18.2 Å². The predicted molar refractivity (Wildman–Crippen MR) is 77.5 cm³/mol. The van der Waals surface area contributed by atoms with Gasteiger partial charge in [0.2, 0.25) is 0 Å². The Morgan fingerprint density at radius 1 is 1.47 bits per heavy atom. The van der Waals surface area contributed by atoms with Gasteiger partial charge in [0.25, 0.3) is 0 Å². The Morgan fingerprint density at radius 3 is 3.00 bits per heavy atom. The topological polar surface area (TPSA) is 44.5 Å². The van der Waals surface area contributed by atoms with Crippen LogP contribution in [-0.2, 0) is 4.74 Å². The molecule has 106 valence electrons. The van der Waals surface area contributed by atoms with Crippen LogP contribution in [0.5, 0.6) is 5.75 Å². The standard InChI is InChI=1S/C16H25NO2/c1-12-7-8-16(15(11-12)13(2)17)19-10-4-6-14-5-3-9-18-14/h7-8,11,13-14H,3-6,9-10,17H2,1-2H3. The predicted octanol–water partition coefficient (Wildman–Crippen LogP) is 3.35. The van der Waals surface area contributed by atoms with E-state index in [-0.39, 0.29) is 6.04 Å². The molecule has 0 aromatic heterocycles. The summed E-state index contributed by atoms with van der Waals surface area (Å²) in [6.07, 6.45) is 5.00. The van der Waals surface area contributed by atoms with Gasteiger partial charge < -0.3 is 15.2 Å². The summed E-state index contributed by atoms with van der Waals surface area (Å²) < 4.78 is 11.5. The van der Waals surface area contributed by atoms with Gasteiger partial charge in [-0.2, -0.15) is 0 Å². The highest BCUT2D eigenvalue weighted by atomic mass is 16.5. The van der Waals surface area contributed by atoms with E-state index in [4.69, 9.17) is 15.2 Å². The van der Waals surface area contributed by atoms with E-state index in [9.17, 15) is 0 Å². The summed E-state index contributed by atoms with van der Waals surface area (Å²) in [4.78, 5) is 0. The van der Waals surface area contributed by atoms with E-state index in [2.05, 4.69) is 19.1 Å². The molecule has 0 amide bonds.